The summed E-state index contributed by atoms with van der Waals surface area (Å²) in [6, 6.07) is 50.1. The molecule has 0 heterocycles. The Morgan fingerprint density at radius 2 is 0.744 bits per heavy atom. The lowest BCUT2D eigenvalue weighted by Crippen LogP contribution is -2.26. The van der Waals surface area contributed by atoms with Crippen molar-refractivity contribution in [2.45, 2.75) is 5.41 Å². The van der Waals surface area contributed by atoms with E-state index < -0.39 is 0 Å². The minimum absolute atomic E-state index is 0.387. The number of fused-ring (bicyclic) bond motifs is 10. The van der Waals surface area contributed by atoms with Gasteiger partial charge in [0.2, 0.25) is 0 Å². The van der Waals surface area contributed by atoms with E-state index in [1.54, 1.807) is 0 Å². The molecule has 1 spiro atoms. The van der Waals surface area contributed by atoms with E-state index in [4.69, 9.17) is 0 Å². The van der Waals surface area contributed by atoms with Gasteiger partial charge in [-0.25, -0.2) is 0 Å². The van der Waals surface area contributed by atoms with Crippen LogP contribution < -0.4 is 9.80 Å². The van der Waals surface area contributed by atoms with Gasteiger partial charge in [-0.3, -0.25) is 0 Å². The number of nitrogens with zero attached hydrogens (tertiary/aromatic N) is 2. The van der Waals surface area contributed by atoms with Gasteiger partial charge in [-0.15, -0.1) is 0 Å². The summed E-state index contributed by atoms with van der Waals surface area (Å²) in [4.78, 5) is 4.34. The van der Waals surface area contributed by atoms with Gasteiger partial charge < -0.3 is 9.80 Å². The number of benzene rings is 6. The lowest BCUT2D eigenvalue weighted by Gasteiger charge is -2.31. The molecule has 0 saturated carbocycles. The average molecular weight is 555 g/mol. The quantitative estimate of drug-likeness (QED) is 0.214. The number of anilines is 2. The highest BCUT2D eigenvalue weighted by atomic mass is 15.1. The van der Waals surface area contributed by atoms with Crippen molar-refractivity contribution in [3.8, 4) is 44.5 Å². The zero-order valence-electron chi connectivity index (χ0n) is 25.1. The van der Waals surface area contributed by atoms with Crippen LogP contribution in [0.2, 0.25) is 0 Å². The molecule has 0 amide bonds. The molecule has 0 radical (unpaired) electrons. The SMILES string of the molecule is CN(C)c1cccc(-c2ccc3c(c2)C2(c4ccccc4-3)c3ccccc3-c3ccc(-c4cccc(N(C)C)c4)cc32)c1. The number of hydrogen-bond acceptors (Lipinski definition) is 2. The van der Waals surface area contributed by atoms with Gasteiger partial charge >= 0.3 is 0 Å². The zero-order valence-corrected chi connectivity index (χ0v) is 25.1. The van der Waals surface area contributed by atoms with Gasteiger partial charge in [0.05, 0.1) is 5.41 Å². The van der Waals surface area contributed by atoms with Crippen LogP contribution in [0.4, 0.5) is 11.4 Å². The molecule has 0 unspecified atom stereocenters. The molecule has 0 atom stereocenters. The molecule has 0 bridgehead atoms. The predicted octanol–water partition coefficient (Wildman–Crippen LogP) is 9.50. The Morgan fingerprint density at radius 1 is 0.349 bits per heavy atom. The predicted molar refractivity (Wildman–Crippen MR) is 182 cm³/mol. The molecule has 0 N–H and O–H groups in total. The van der Waals surface area contributed by atoms with Gasteiger partial charge in [0.25, 0.3) is 0 Å². The number of rotatable bonds is 4. The molecule has 2 heteroatoms. The van der Waals surface area contributed by atoms with Gasteiger partial charge in [-0.05, 0) is 103 Å². The van der Waals surface area contributed by atoms with E-state index in [-0.39, 0.29) is 5.41 Å². The van der Waals surface area contributed by atoms with Gasteiger partial charge in [0.1, 0.15) is 0 Å². The van der Waals surface area contributed by atoms with Crippen LogP contribution in [0.25, 0.3) is 44.5 Å². The Hall–Kier alpha value is -5.08. The van der Waals surface area contributed by atoms with Crippen LogP contribution >= 0.6 is 0 Å². The summed E-state index contributed by atoms with van der Waals surface area (Å²) >= 11 is 0. The third kappa shape index (κ3) is 3.66. The highest BCUT2D eigenvalue weighted by Gasteiger charge is 2.51. The highest BCUT2D eigenvalue weighted by molar-refractivity contribution is 5.97. The minimum Gasteiger partial charge on any atom is -0.378 e. The van der Waals surface area contributed by atoms with E-state index in [1.165, 1.54) is 78.1 Å². The first kappa shape index (κ1) is 25.6. The molecule has 0 fully saturated rings. The fraction of sp³-hybridized carbons (Fsp3) is 0.122. The first-order chi connectivity index (χ1) is 21.0. The van der Waals surface area contributed by atoms with Crippen molar-refractivity contribution >= 4 is 11.4 Å². The van der Waals surface area contributed by atoms with Crippen molar-refractivity contribution in [1.82, 2.24) is 0 Å². The third-order valence-corrected chi connectivity index (χ3v) is 9.48. The summed E-state index contributed by atoms with van der Waals surface area (Å²) in [5, 5.41) is 0. The first-order valence-corrected chi connectivity index (χ1v) is 15.0. The van der Waals surface area contributed by atoms with Crippen LogP contribution in [0.1, 0.15) is 22.3 Å². The van der Waals surface area contributed by atoms with Crippen LogP contribution in [-0.4, -0.2) is 28.2 Å². The smallest absolute Gasteiger partial charge is 0.0725 e. The summed E-state index contributed by atoms with van der Waals surface area (Å²) < 4.78 is 0. The summed E-state index contributed by atoms with van der Waals surface area (Å²) in [6.07, 6.45) is 0. The Balaban J connectivity index is 1.43. The third-order valence-electron chi connectivity index (χ3n) is 9.48. The molecule has 2 nitrogen and oxygen atoms in total. The summed E-state index contributed by atoms with van der Waals surface area (Å²) in [7, 11) is 8.41. The molecule has 8 rings (SSSR count). The molecule has 0 aliphatic heterocycles. The lowest BCUT2D eigenvalue weighted by atomic mass is 9.70. The van der Waals surface area contributed by atoms with Crippen LogP contribution in [0.3, 0.4) is 0 Å². The molecule has 0 saturated heterocycles. The largest absolute Gasteiger partial charge is 0.378 e. The van der Waals surface area contributed by atoms with E-state index >= 15 is 0 Å². The monoisotopic (exact) mass is 554 g/mol. The van der Waals surface area contributed by atoms with Crippen molar-refractivity contribution in [3.63, 3.8) is 0 Å². The molecule has 0 aromatic heterocycles. The van der Waals surface area contributed by atoms with Crippen molar-refractivity contribution < 1.29 is 0 Å². The first-order valence-electron chi connectivity index (χ1n) is 15.0. The lowest BCUT2D eigenvalue weighted by molar-refractivity contribution is 0.794. The van der Waals surface area contributed by atoms with Gasteiger partial charge in [0, 0.05) is 39.6 Å². The topological polar surface area (TPSA) is 6.48 Å². The molecular weight excluding hydrogens is 520 g/mol. The van der Waals surface area contributed by atoms with Crippen LogP contribution in [0.5, 0.6) is 0 Å². The molecule has 208 valence electrons. The van der Waals surface area contributed by atoms with Crippen molar-refractivity contribution in [2.24, 2.45) is 0 Å². The Labute approximate surface area is 254 Å². The fourth-order valence-corrected chi connectivity index (χ4v) is 7.43. The second kappa shape index (κ2) is 9.47. The maximum absolute atomic E-state index is 2.47. The molecule has 2 aliphatic carbocycles. The zero-order chi connectivity index (χ0) is 29.3. The standard InChI is InChI=1S/C41H34N2/c1-42(2)31-13-9-11-27(23-31)29-19-21-35-33-15-5-7-17-37(33)41(39(35)25-29)38-18-8-6-16-34(38)36-22-20-30(26-40(36)41)28-12-10-14-32(24-28)43(3)4/h5-26H,1-4H3. The van der Waals surface area contributed by atoms with Crippen molar-refractivity contribution in [2.75, 3.05) is 38.0 Å². The number of hydrogen-bond donors (Lipinski definition) is 0. The van der Waals surface area contributed by atoms with Crippen LogP contribution in [0, 0.1) is 0 Å². The van der Waals surface area contributed by atoms with E-state index in [1.807, 2.05) is 0 Å². The molecular formula is C41H34N2. The van der Waals surface area contributed by atoms with Crippen LogP contribution in [0.15, 0.2) is 133 Å². The second-order valence-corrected chi connectivity index (χ2v) is 12.3. The Kier molecular flexibility index (Phi) is 5.64. The van der Waals surface area contributed by atoms with E-state index in [2.05, 4.69) is 171 Å². The summed E-state index contributed by atoms with van der Waals surface area (Å²) in [5.74, 6) is 0. The maximum Gasteiger partial charge on any atom is 0.0725 e. The molecule has 43 heavy (non-hydrogen) atoms. The molecule has 6 aromatic carbocycles. The normalized spacial score (nSPS) is 13.3. The van der Waals surface area contributed by atoms with E-state index in [0.717, 1.165) is 0 Å². The molecule has 6 aromatic rings. The van der Waals surface area contributed by atoms with Gasteiger partial charge in [-0.2, -0.15) is 0 Å². The fourth-order valence-electron chi connectivity index (χ4n) is 7.43. The van der Waals surface area contributed by atoms with Crippen LogP contribution in [-0.2, 0) is 5.41 Å². The average Bonchev–Trinajstić information content (AvgIpc) is 3.51. The summed E-state index contributed by atoms with van der Waals surface area (Å²) in [6.45, 7) is 0. The van der Waals surface area contributed by atoms with Crippen molar-refractivity contribution in [1.29, 1.82) is 0 Å². The van der Waals surface area contributed by atoms with Gasteiger partial charge in [0.15, 0.2) is 0 Å². The molecule has 2 aliphatic rings. The minimum atomic E-state index is -0.387. The van der Waals surface area contributed by atoms with E-state index in [0.29, 0.717) is 0 Å². The maximum atomic E-state index is 2.47. The summed E-state index contributed by atoms with van der Waals surface area (Å²) in [5.41, 5.74) is 17.8. The highest BCUT2D eigenvalue weighted by Crippen LogP contribution is 2.63. The van der Waals surface area contributed by atoms with Crippen molar-refractivity contribution in [3.05, 3.63) is 156 Å². The van der Waals surface area contributed by atoms with E-state index in [9.17, 15) is 0 Å². The van der Waals surface area contributed by atoms with Gasteiger partial charge in [-0.1, -0.05) is 97.1 Å². The Morgan fingerprint density at radius 3 is 1.19 bits per heavy atom. The Bertz CT molecular complexity index is 1900. The second-order valence-electron chi connectivity index (χ2n) is 12.3.